The Kier molecular flexibility index (Phi) is 6.79. The third-order valence-electron chi connectivity index (χ3n) is 4.16. The van der Waals surface area contributed by atoms with E-state index < -0.39 is 7.25 Å². The highest BCUT2D eigenvalue weighted by Gasteiger charge is 2.21. The van der Waals surface area contributed by atoms with Crippen molar-refractivity contribution in [1.29, 1.82) is 0 Å². The van der Waals surface area contributed by atoms with E-state index in [4.69, 9.17) is 4.42 Å². The van der Waals surface area contributed by atoms with Gasteiger partial charge in [-0.25, -0.2) is 13.2 Å². The zero-order chi connectivity index (χ0) is 22.4. The van der Waals surface area contributed by atoms with Crippen molar-refractivity contribution in [3.05, 3.63) is 103 Å². The predicted octanol–water partition coefficient (Wildman–Crippen LogP) is 8.14. The minimum Gasteiger partial charge on any atom is -0.418 e. The van der Waals surface area contributed by atoms with Gasteiger partial charge in [-0.15, -0.1) is 0 Å². The Bertz CT molecular complexity index is 1060. The van der Waals surface area contributed by atoms with Gasteiger partial charge in [-0.3, -0.25) is 0 Å². The molecule has 0 spiro atoms. The fourth-order valence-electron chi connectivity index (χ4n) is 2.81. The first-order valence-electron chi connectivity index (χ1n) is 9.12. The summed E-state index contributed by atoms with van der Waals surface area (Å²) in [5.74, 6) is 0.723. The Balaban J connectivity index is 0.000000491. The summed E-state index contributed by atoms with van der Waals surface area (Å²) in [7, 11) is -6.00. The average Bonchev–Trinajstić information content (AvgIpc) is 2.74. The van der Waals surface area contributed by atoms with Crippen LogP contribution in [0.3, 0.4) is 0 Å². The van der Waals surface area contributed by atoms with Gasteiger partial charge in [0.05, 0.1) is 23.3 Å². The van der Waals surface area contributed by atoms with E-state index in [-0.39, 0.29) is 11.6 Å². The second-order valence-electron chi connectivity index (χ2n) is 6.45. The monoisotopic (exact) mass is 432 g/mol. The van der Waals surface area contributed by atoms with Gasteiger partial charge < -0.3 is 17.3 Å². The molecule has 0 aliphatic carbocycles. The SMILES string of the molecule is F[B-](F)(F)F.Fc1ccc(-c2cc(-c3ccccc3)[o+]c(-c3ccc(F)cc3)c2)cc1. The summed E-state index contributed by atoms with van der Waals surface area (Å²) in [6.07, 6.45) is 0. The van der Waals surface area contributed by atoms with Crippen molar-refractivity contribution in [3.63, 3.8) is 0 Å². The van der Waals surface area contributed by atoms with E-state index in [0.717, 1.165) is 22.3 Å². The zero-order valence-corrected chi connectivity index (χ0v) is 15.9. The van der Waals surface area contributed by atoms with E-state index in [1.807, 2.05) is 42.5 Å². The maximum atomic E-state index is 13.3. The molecule has 0 saturated carbocycles. The summed E-state index contributed by atoms with van der Waals surface area (Å²) in [5.41, 5.74) is 3.48. The van der Waals surface area contributed by atoms with Crippen molar-refractivity contribution >= 4 is 7.25 Å². The lowest BCUT2D eigenvalue weighted by molar-refractivity contribution is 0.368. The van der Waals surface area contributed by atoms with Crippen LogP contribution in [-0.4, -0.2) is 7.25 Å². The molecule has 4 aromatic rings. The molecule has 158 valence electrons. The number of hydrogen-bond donors (Lipinski definition) is 0. The first-order valence-corrected chi connectivity index (χ1v) is 9.12. The van der Waals surface area contributed by atoms with Crippen molar-refractivity contribution in [2.24, 2.45) is 0 Å². The molecule has 1 nitrogen and oxygen atoms in total. The van der Waals surface area contributed by atoms with Gasteiger partial charge in [0.25, 0.3) is 0 Å². The third kappa shape index (κ3) is 6.74. The molecule has 0 unspecified atom stereocenters. The summed E-state index contributed by atoms with van der Waals surface area (Å²) >= 11 is 0. The minimum absolute atomic E-state index is 0.281. The van der Waals surface area contributed by atoms with Crippen molar-refractivity contribution in [3.8, 4) is 33.8 Å². The predicted molar refractivity (Wildman–Crippen MR) is 110 cm³/mol. The topological polar surface area (TPSA) is 11.3 Å². The van der Waals surface area contributed by atoms with Crippen molar-refractivity contribution in [1.82, 2.24) is 0 Å². The molecule has 0 saturated heterocycles. The third-order valence-corrected chi connectivity index (χ3v) is 4.16. The lowest BCUT2D eigenvalue weighted by Crippen LogP contribution is -2.02. The smallest absolute Gasteiger partial charge is 0.418 e. The molecule has 0 bridgehead atoms. The maximum absolute atomic E-state index is 13.3. The summed E-state index contributed by atoms with van der Waals surface area (Å²) in [6.45, 7) is 0. The Morgan fingerprint density at radius 3 is 1.32 bits per heavy atom. The molecule has 0 aliphatic rings. The largest absolute Gasteiger partial charge is 0.673 e. The van der Waals surface area contributed by atoms with Crippen LogP contribution >= 0.6 is 0 Å². The lowest BCUT2D eigenvalue weighted by atomic mass is 10.0. The summed E-state index contributed by atoms with van der Waals surface area (Å²) in [6, 6.07) is 26.0. The van der Waals surface area contributed by atoms with Crippen LogP contribution < -0.4 is 0 Å². The number of hydrogen-bond acceptors (Lipinski definition) is 0. The highest BCUT2D eigenvalue weighted by atomic mass is 19.5. The first-order chi connectivity index (χ1) is 14.7. The molecule has 0 amide bonds. The molecule has 4 rings (SSSR count). The Morgan fingerprint density at radius 2 is 0.871 bits per heavy atom. The van der Waals surface area contributed by atoms with Crippen LogP contribution in [0, 0.1) is 11.6 Å². The van der Waals surface area contributed by atoms with Crippen LogP contribution in [-0.2, 0) is 0 Å². The average molecular weight is 432 g/mol. The number of rotatable bonds is 3. The Morgan fingerprint density at radius 1 is 0.484 bits per heavy atom. The van der Waals surface area contributed by atoms with Gasteiger partial charge in [0.1, 0.15) is 11.6 Å². The van der Waals surface area contributed by atoms with Gasteiger partial charge in [-0.1, -0.05) is 30.3 Å². The van der Waals surface area contributed by atoms with Crippen LogP contribution in [0.2, 0.25) is 0 Å². The summed E-state index contributed by atoms with van der Waals surface area (Å²) < 4.78 is 71.6. The normalized spacial score (nSPS) is 10.9. The van der Waals surface area contributed by atoms with Crippen LogP contribution in [0.5, 0.6) is 0 Å². The molecule has 1 aromatic heterocycles. The molecule has 31 heavy (non-hydrogen) atoms. The minimum atomic E-state index is -6.00. The number of benzene rings is 3. The molecule has 0 radical (unpaired) electrons. The fraction of sp³-hybridized carbons (Fsp3) is 0. The lowest BCUT2D eigenvalue weighted by Gasteiger charge is -2.02. The first kappa shape index (κ1) is 22.1. The van der Waals surface area contributed by atoms with Crippen molar-refractivity contribution < 1.29 is 30.5 Å². The molecule has 0 N–H and O–H groups in total. The fourth-order valence-corrected chi connectivity index (χ4v) is 2.81. The molecule has 8 heteroatoms. The highest BCUT2D eigenvalue weighted by molar-refractivity contribution is 6.50. The van der Waals surface area contributed by atoms with Crippen molar-refractivity contribution in [2.45, 2.75) is 0 Å². The van der Waals surface area contributed by atoms with E-state index >= 15 is 0 Å². The number of halogens is 6. The molecule has 0 atom stereocenters. The van der Waals surface area contributed by atoms with E-state index in [2.05, 4.69) is 0 Å². The van der Waals surface area contributed by atoms with Gasteiger partial charge in [-0.05, 0) is 54.1 Å². The molecular weight excluding hydrogens is 417 g/mol. The van der Waals surface area contributed by atoms with Gasteiger partial charge >= 0.3 is 18.8 Å². The van der Waals surface area contributed by atoms with E-state index in [1.54, 1.807) is 24.3 Å². The van der Waals surface area contributed by atoms with Gasteiger partial charge in [-0.2, -0.15) is 0 Å². The Hall–Kier alpha value is -3.55. The quantitative estimate of drug-likeness (QED) is 0.181. The molecule has 3 aromatic carbocycles. The Labute approximate surface area is 174 Å². The second kappa shape index (κ2) is 9.51. The summed E-state index contributed by atoms with van der Waals surface area (Å²) in [5, 5.41) is 0. The van der Waals surface area contributed by atoms with Crippen molar-refractivity contribution in [2.75, 3.05) is 0 Å². The molecule has 0 aliphatic heterocycles. The van der Waals surface area contributed by atoms with Gasteiger partial charge in [0.2, 0.25) is 0 Å². The van der Waals surface area contributed by atoms with Crippen LogP contribution in [0.1, 0.15) is 0 Å². The zero-order valence-electron chi connectivity index (χ0n) is 15.9. The van der Waals surface area contributed by atoms with Gasteiger partial charge in [0, 0.05) is 5.56 Å². The van der Waals surface area contributed by atoms with Crippen LogP contribution in [0.4, 0.5) is 26.0 Å². The molecular formula is C23H15BF6O. The van der Waals surface area contributed by atoms with Crippen LogP contribution in [0.25, 0.3) is 33.8 Å². The molecule has 1 heterocycles. The van der Waals surface area contributed by atoms with E-state index in [0.29, 0.717) is 11.5 Å². The van der Waals surface area contributed by atoms with Gasteiger partial charge in [0.15, 0.2) is 0 Å². The second-order valence-corrected chi connectivity index (χ2v) is 6.45. The van der Waals surface area contributed by atoms with E-state index in [9.17, 15) is 26.0 Å². The van der Waals surface area contributed by atoms with Crippen LogP contribution in [0.15, 0.2) is 95.4 Å². The maximum Gasteiger partial charge on any atom is 0.673 e. The summed E-state index contributed by atoms with van der Waals surface area (Å²) in [4.78, 5) is 0. The standard InChI is InChI=1S/C23H15F2O.BF4/c24-20-10-6-16(7-11-20)19-14-22(17-4-2-1-3-5-17)26-23(15-19)18-8-12-21(25)13-9-18;2-1(3,4)5/h1-15H;/q+1;-1. The highest BCUT2D eigenvalue weighted by Crippen LogP contribution is 2.33. The molecule has 0 fully saturated rings. The van der Waals surface area contributed by atoms with E-state index in [1.165, 1.54) is 24.3 Å².